The fourth-order valence-corrected chi connectivity index (χ4v) is 3.77. The maximum Gasteiger partial charge on any atom is 0.192 e. The van der Waals surface area contributed by atoms with Gasteiger partial charge in [0.25, 0.3) is 0 Å². The van der Waals surface area contributed by atoms with E-state index in [1.807, 2.05) is 6.07 Å². The smallest absolute Gasteiger partial charge is 0.192 e. The van der Waals surface area contributed by atoms with Crippen molar-refractivity contribution in [1.82, 2.24) is 29.8 Å². The Balaban J connectivity index is 2.00. The number of nitrogens with zero attached hydrogens (tertiary/aromatic N) is 5. The third-order valence-electron chi connectivity index (χ3n) is 2.65. The molecule has 0 unspecified atom stereocenters. The number of H-pyrrole nitrogens is 1. The minimum Gasteiger partial charge on any atom is -0.261 e. The van der Waals surface area contributed by atoms with E-state index in [1.54, 1.807) is 28.4 Å². The molecule has 0 saturated heterocycles. The van der Waals surface area contributed by atoms with Crippen molar-refractivity contribution in [3.63, 3.8) is 0 Å². The molecule has 4 heterocycles. The summed E-state index contributed by atoms with van der Waals surface area (Å²) < 4.78 is 3.68. The number of aromatic nitrogens is 6. The second kappa shape index (κ2) is 4.09. The molecule has 0 bridgehead atoms. The molecular weight excluding hydrogens is 396 g/mol. The number of aromatic amines is 1. The minimum absolute atomic E-state index is 0.673. The zero-order valence-electron chi connectivity index (χ0n) is 9.13. The van der Waals surface area contributed by atoms with E-state index in [0.717, 1.165) is 24.2 Å². The van der Waals surface area contributed by atoms with Gasteiger partial charge in [-0.3, -0.25) is 5.10 Å². The molecule has 0 fully saturated rings. The Morgan fingerprint density at radius 1 is 1.32 bits per heavy atom. The van der Waals surface area contributed by atoms with Gasteiger partial charge < -0.3 is 0 Å². The molecule has 94 valence electrons. The van der Waals surface area contributed by atoms with Gasteiger partial charge in [-0.2, -0.15) is 5.10 Å². The van der Waals surface area contributed by atoms with Crippen molar-refractivity contribution in [3.05, 3.63) is 26.8 Å². The van der Waals surface area contributed by atoms with Crippen molar-refractivity contribution in [2.45, 2.75) is 0 Å². The summed E-state index contributed by atoms with van der Waals surface area (Å²) in [5.41, 5.74) is 1.45. The van der Waals surface area contributed by atoms with Crippen LogP contribution >= 0.6 is 43.2 Å². The molecule has 0 atom stereocenters. The molecule has 0 spiro atoms. The Kier molecular flexibility index (Phi) is 2.47. The average Bonchev–Trinajstić information content (AvgIpc) is 3.07. The first-order valence-electron chi connectivity index (χ1n) is 5.22. The fourth-order valence-electron chi connectivity index (χ4n) is 1.80. The van der Waals surface area contributed by atoms with Crippen LogP contribution in [0, 0.1) is 0 Å². The van der Waals surface area contributed by atoms with Gasteiger partial charge in [0.2, 0.25) is 0 Å². The number of fused-ring (bicyclic) bond motifs is 3. The second-order valence-electron chi connectivity index (χ2n) is 3.81. The molecule has 9 heteroatoms. The van der Waals surface area contributed by atoms with Crippen LogP contribution in [0.5, 0.6) is 0 Å². The number of rotatable bonds is 1. The topological polar surface area (TPSA) is 71.8 Å². The third kappa shape index (κ3) is 1.72. The van der Waals surface area contributed by atoms with E-state index in [2.05, 4.69) is 57.1 Å². The van der Waals surface area contributed by atoms with Crippen LogP contribution in [0.3, 0.4) is 0 Å². The highest BCUT2D eigenvalue weighted by Gasteiger charge is 2.14. The molecule has 0 aliphatic rings. The van der Waals surface area contributed by atoms with Crippen molar-refractivity contribution in [3.8, 4) is 10.7 Å². The zero-order chi connectivity index (χ0) is 13.0. The summed E-state index contributed by atoms with van der Waals surface area (Å²) in [4.78, 5) is 9.77. The van der Waals surface area contributed by atoms with E-state index in [0.29, 0.717) is 11.5 Å². The summed E-state index contributed by atoms with van der Waals surface area (Å²) >= 11 is 8.52. The average molecular weight is 400 g/mol. The van der Waals surface area contributed by atoms with Gasteiger partial charge in [-0.05, 0) is 37.9 Å². The summed E-state index contributed by atoms with van der Waals surface area (Å²) in [5.74, 6) is 0.673. The van der Waals surface area contributed by atoms with Crippen LogP contribution in [0.2, 0.25) is 0 Å². The van der Waals surface area contributed by atoms with Crippen molar-refractivity contribution < 1.29 is 0 Å². The molecule has 0 aliphatic carbocycles. The highest BCUT2D eigenvalue weighted by Crippen LogP contribution is 2.37. The van der Waals surface area contributed by atoms with Crippen molar-refractivity contribution in [2.75, 3.05) is 0 Å². The molecule has 0 aliphatic heterocycles. The Morgan fingerprint density at radius 2 is 2.21 bits per heavy atom. The molecule has 0 radical (unpaired) electrons. The van der Waals surface area contributed by atoms with Crippen LogP contribution in [0.1, 0.15) is 0 Å². The Bertz CT molecular complexity index is 888. The Morgan fingerprint density at radius 3 is 3.00 bits per heavy atom. The molecule has 0 amide bonds. The van der Waals surface area contributed by atoms with Gasteiger partial charge in [0.1, 0.15) is 6.33 Å². The molecule has 4 aromatic heterocycles. The fraction of sp³-hybridized carbons (Fsp3) is 0. The largest absolute Gasteiger partial charge is 0.261 e. The Labute approximate surface area is 127 Å². The van der Waals surface area contributed by atoms with Crippen LogP contribution in [-0.2, 0) is 0 Å². The third-order valence-corrected chi connectivity index (χ3v) is 5.91. The van der Waals surface area contributed by atoms with E-state index in [4.69, 9.17) is 0 Å². The van der Waals surface area contributed by atoms with Gasteiger partial charge in [-0.1, -0.05) is 0 Å². The molecule has 19 heavy (non-hydrogen) atoms. The monoisotopic (exact) mass is 398 g/mol. The first kappa shape index (κ1) is 11.5. The molecule has 4 aromatic rings. The highest BCUT2D eigenvalue weighted by atomic mass is 79.9. The van der Waals surface area contributed by atoms with Gasteiger partial charge in [0.05, 0.1) is 20.2 Å². The second-order valence-corrected chi connectivity index (χ2v) is 7.04. The first-order chi connectivity index (χ1) is 9.22. The maximum atomic E-state index is 4.56. The van der Waals surface area contributed by atoms with E-state index >= 15 is 0 Å². The number of halogens is 2. The highest BCUT2D eigenvalue weighted by molar-refractivity contribution is 9.13. The van der Waals surface area contributed by atoms with Crippen LogP contribution in [0.15, 0.2) is 26.8 Å². The summed E-state index contributed by atoms with van der Waals surface area (Å²) in [6.45, 7) is 0. The molecule has 6 nitrogen and oxygen atoms in total. The molecule has 0 saturated carbocycles. The van der Waals surface area contributed by atoms with Crippen LogP contribution in [0.4, 0.5) is 0 Å². The standard InChI is InChI=1S/C10H4Br2N6S/c11-5-1-6(19-7(5)12)9-15-10-4-2-14-16-8(4)13-3-18(10)17-9/h1-3H,(H,14,16). The summed E-state index contributed by atoms with van der Waals surface area (Å²) in [5, 5.41) is 12.1. The van der Waals surface area contributed by atoms with Crippen molar-refractivity contribution in [1.29, 1.82) is 0 Å². The van der Waals surface area contributed by atoms with Crippen LogP contribution in [-0.4, -0.2) is 29.8 Å². The van der Waals surface area contributed by atoms with Gasteiger partial charge >= 0.3 is 0 Å². The SMILES string of the molecule is Brc1cc(-c2nc3c4cn[nH]c4ncn3n2)sc1Br. The molecular formula is C10H4Br2N6S. The quantitative estimate of drug-likeness (QED) is 0.533. The number of hydrogen-bond donors (Lipinski definition) is 1. The van der Waals surface area contributed by atoms with Gasteiger partial charge in [0, 0.05) is 4.47 Å². The lowest BCUT2D eigenvalue weighted by Crippen LogP contribution is -1.89. The van der Waals surface area contributed by atoms with E-state index < -0.39 is 0 Å². The van der Waals surface area contributed by atoms with Gasteiger partial charge in [-0.25, -0.2) is 14.5 Å². The van der Waals surface area contributed by atoms with Crippen LogP contribution in [0.25, 0.3) is 27.4 Å². The number of nitrogens with one attached hydrogen (secondary N) is 1. The lowest BCUT2D eigenvalue weighted by molar-refractivity contribution is 0.935. The van der Waals surface area contributed by atoms with E-state index in [1.165, 1.54) is 0 Å². The van der Waals surface area contributed by atoms with Gasteiger partial charge in [0.15, 0.2) is 17.1 Å². The summed E-state index contributed by atoms with van der Waals surface area (Å²) in [6, 6.07) is 1.99. The summed E-state index contributed by atoms with van der Waals surface area (Å²) in [6.07, 6.45) is 3.33. The van der Waals surface area contributed by atoms with Crippen molar-refractivity contribution in [2.24, 2.45) is 0 Å². The number of hydrogen-bond acceptors (Lipinski definition) is 5. The number of thiophene rings is 1. The summed E-state index contributed by atoms with van der Waals surface area (Å²) in [7, 11) is 0. The molecule has 0 aromatic carbocycles. The van der Waals surface area contributed by atoms with E-state index in [-0.39, 0.29) is 0 Å². The van der Waals surface area contributed by atoms with E-state index in [9.17, 15) is 0 Å². The molecule has 1 N–H and O–H groups in total. The predicted octanol–water partition coefficient (Wildman–Crippen LogP) is 3.25. The zero-order valence-corrected chi connectivity index (χ0v) is 13.1. The van der Waals surface area contributed by atoms with Crippen molar-refractivity contribution >= 4 is 59.9 Å². The normalized spacial score (nSPS) is 11.7. The predicted molar refractivity (Wildman–Crippen MR) is 79.1 cm³/mol. The minimum atomic E-state index is 0.673. The first-order valence-corrected chi connectivity index (χ1v) is 7.62. The Hall–Kier alpha value is -1.32. The lowest BCUT2D eigenvalue weighted by Gasteiger charge is -1.89. The van der Waals surface area contributed by atoms with Gasteiger partial charge in [-0.15, -0.1) is 16.4 Å². The van der Waals surface area contributed by atoms with Crippen LogP contribution < -0.4 is 0 Å². The molecule has 4 rings (SSSR count). The lowest BCUT2D eigenvalue weighted by atomic mass is 10.4. The maximum absolute atomic E-state index is 4.56.